The molecule has 0 fully saturated rings. The van der Waals surface area contributed by atoms with Crippen LogP contribution in [0.3, 0.4) is 0 Å². The molecule has 11 nitrogen and oxygen atoms in total. The molecule has 0 radical (unpaired) electrons. The van der Waals surface area contributed by atoms with Crippen molar-refractivity contribution in [2.24, 2.45) is 43.3 Å². The molecule has 160 valence electrons. The van der Waals surface area contributed by atoms with E-state index in [4.69, 9.17) is 22.9 Å². The number of rotatable bonds is 5. The smallest absolute Gasteiger partial charge is 0.323 e. The fourth-order valence-corrected chi connectivity index (χ4v) is 3.05. The Hall–Kier alpha value is -4.41. The van der Waals surface area contributed by atoms with Gasteiger partial charge in [0.1, 0.15) is 0 Å². The molecule has 0 saturated heterocycles. The number of hydrogen-bond acceptors (Lipinski definition) is 5. The third kappa shape index (κ3) is 5.79. The number of nitrogens with zero attached hydrogens (tertiary/aromatic N) is 4. The second-order valence-electron chi connectivity index (χ2n) is 6.81. The van der Waals surface area contributed by atoms with Crippen molar-refractivity contribution in [1.29, 1.82) is 0 Å². The highest BCUT2D eigenvalue weighted by molar-refractivity contribution is 6.06. The van der Waals surface area contributed by atoms with Gasteiger partial charge in [-0.1, -0.05) is 18.2 Å². The summed E-state index contributed by atoms with van der Waals surface area (Å²) in [6.45, 7) is 1.78. The molecule has 2 amide bonds. The van der Waals surface area contributed by atoms with Gasteiger partial charge in [0.05, 0.1) is 11.4 Å². The third-order valence-corrected chi connectivity index (χ3v) is 4.47. The van der Waals surface area contributed by atoms with Gasteiger partial charge < -0.3 is 33.6 Å². The zero-order chi connectivity index (χ0) is 22.4. The number of anilines is 2. The molecular formula is C20H24N10O. The van der Waals surface area contributed by atoms with Crippen LogP contribution in [0.15, 0.2) is 62.9 Å². The van der Waals surface area contributed by atoms with Crippen molar-refractivity contribution in [1.82, 2.24) is 0 Å². The summed E-state index contributed by atoms with van der Waals surface area (Å²) in [5.74, 6) is -0.196. The average molecular weight is 420 g/mol. The zero-order valence-electron chi connectivity index (χ0n) is 17.0. The summed E-state index contributed by atoms with van der Waals surface area (Å²) >= 11 is 0. The summed E-state index contributed by atoms with van der Waals surface area (Å²) in [5.41, 5.74) is 26.8. The van der Waals surface area contributed by atoms with Crippen molar-refractivity contribution in [3.63, 3.8) is 0 Å². The zero-order valence-corrected chi connectivity index (χ0v) is 17.0. The Balaban J connectivity index is 1.63. The Morgan fingerprint density at radius 3 is 2.16 bits per heavy atom. The Kier molecular flexibility index (Phi) is 6.45. The van der Waals surface area contributed by atoms with E-state index in [1.807, 2.05) is 24.3 Å². The fourth-order valence-electron chi connectivity index (χ4n) is 3.05. The van der Waals surface area contributed by atoms with Crippen LogP contribution in [0.1, 0.15) is 30.0 Å². The number of carbonyl (C=O) groups is 1. The normalized spacial score (nSPS) is 14.0. The summed E-state index contributed by atoms with van der Waals surface area (Å²) in [7, 11) is 0. The summed E-state index contributed by atoms with van der Waals surface area (Å²) in [6, 6.07) is 12.4. The largest absolute Gasteiger partial charge is 0.369 e. The molecule has 10 N–H and O–H groups in total. The third-order valence-electron chi connectivity index (χ3n) is 4.47. The van der Waals surface area contributed by atoms with Gasteiger partial charge in [0.2, 0.25) is 11.9 Å². The maximum atomic E-state index is 12.4. The molecule has 1 aliphatic carbocycles. The van der Waals surface area contributed by atoms with Crippen LogP contribution in [0.2, 0.25) is 0 Å². The molecule has 0 aliphatic heterocycles. The molecule has 0 aromatic heterocycles. The maximum absolute atomic E-state index is 12.4. The fraction of sp³-hybridized carbons (Fsp3) is 0.150. The summed E-state index contributed by atoms with van der Waals surface area (Å²) < 4.78 is 0. The lowest BCUT2D eigenvalue weighted by Crippen LogP contribution is -2.22. The van der Waals surface area contributed by atoms with Gasteiger partial charge >= 0.3 is 6.03 Å². The van der Waals surface area contributed by atoms with Crippen molar-refractivity contribution < 1.29 is 4.79 Å². The first-order valence-corrected chi connectivity index (χ1v) is 9.42. The lowest BCUT2D eigenvalue weighted by atomic mass is 10.1. The van der Waals surface area contributed by atoms with E-state index < -0.39 is 0 Å². The lowest BCUT2D eigenvalue weighted by molar-refractivity contribution is 0.262. The number of nitrogens with two attached hydrogens (primary N) is 4. The van der Waals surface area contributed by atoms with Crippen molar-refractivity contribution in [2.45, 2.75) is 19.8 Å². The monoisotopic (exact) mass is 420 g/mol. The van der Waals surface area contributed by atoms with Gasteiger partial charge in [-0.2, -0.15) is 10.2 Å². The van der Waals surface area contributed by atoms with Crippen molar-refractivity contribution in [3.8, 4) is 0 Å². The molecule has 0 spiro atoms. The van der Waals surface area contributed by atoms with Gasteiger partial charge in [0, 0.05) is 16.9 Å². The first-order valence-electron chi connectivity index (χ1n) is 9.42. The van der Waals surface area contributed by atoms with Crippen LogP contribution in [-0.2, 0) is 6.42 Å². The standard InChI is InChI=1S/C20H24N10O/c1-11(27-29-18(21)22)12-2-5-14(6-3-12)25-20(31)26-15-7-8-16-13(10-15)4-9-17(16)28-30-19(23)24/h2-3,5-8,10H,4,9H2,1H3,(H4,21,22,29)(H4,23,24,30)(H2,25,26,31)/b27-11-,28-17-. The Labute approximate surface area is 179 Å². The SMILES string of the molecule is C/C(=N/N=C(N)N)c1ccc(NC(=O)Nc2ccc3c(c2)CC/C3=N/N=C(N)N)cc1. The minimum Gasteiger partial charge on any atom is -0.369 e. The van der Waals surface area contributed by atoms with Gasteiger partial charge in [-0.15, -0.1) is 10.2 Å². The number of urea groups is 1. The number of hydrogen-bond donors (Lipinski definition) is 6. The number of amides is 2. The van der Waals surface area contributed by atoms with Gasteiger partial charge in [-0.3, -0.25) is 0 Å². The molecule has 0 heterocycles. The van der Waals surface area contributed by atoms with Crippen molar-refractivity contribution in [2.75, 3.05) is 10.6 Å². The second-order valence-corrected chi connectivity index (χ2v) is 6.81. The van der Waals surface area contributed by atoms with E-state index in [0.717, 1.165) is 35.2 Å². The number of guanidine groups is 2. The van der Waals surface area contributed by atoms with E-state index in [2.05, 4.69) is 31.0 Å². The highest BCUT2D eigenvalue weighted by atomic mass is 16.2. The van der Waals surface area contributed by atoms with Gasteiger partial charge in [0.25, 0.3) is 0 Å². The van der Waals surface area contributed by atoms with Crippen molar-refractivity contribution >= 4 is 40.7 Å². The van der Waals surface area contributed by atoms with Crippen LogP contribution in [0.25, 0.3) is 0 Å². The minimum absolute atomic E-state index is 0.0832. The Morgan fingerprint density at radius 2 is 1.48 bits per heavy atom. The highest BCUT2D eigenvalue weighted by Crippen LogP contribution is 2.26. The molecule has 3 rings (SSSR count). The molecule has 0 saturated carbocycles. The predicted octanol–water partition coefficient (Wildman–Crippen LogP) is 1.25. The summed E-state index contributed by atoms with van der Waals surface area (Å²) in [5, 5.41) is 21.0. The van der Waals surface area contributed by atoms with E-state index >= 15 is 0 Å². The minimum atomic E-state index is -0.356. The van der Waals surface area contributed by atoms with Crippen LogP contribution in [-0.4, -0.2) is 29.4 Å². The maximum Gasteiger partial charge on any atom is 0.323 e. The number of aryl methyl sites for hydroxylation is 1. The average Bonchev–Trinajstić information content (AvgIpc) is 3.13. The van der Waals surface area contributed by atoms with E-state index in [9.17, 15) is 4.79 Å². The Morgan fingerprint density at radius 1 is 0.839 bits per heavy atom. The van der Waals surface area contributed by atoms with Gasteiger partial charge in [-0.25, -0.2) is 4.79 Å². The number of nitrogens with one attached hydrogen (secondary N) is 2. The molecular weight excluding hydrogens is 396 g/mol. The molecule has 2 aromatic rings. The van der Waals surface area contributed by atoms with Crippen LogP contribution < -0.4 is 33.6 Å². The molecule has 1 aliphatic rings. The predicted molar refractivity (Wildman–Crippen MR) is 124 cm³/mol. The number of fused-ring (bicyclic) bond motifs is 1. The van der Waals surface area contributed by atoms with E-state index in [-0.39, 0.29) is 18.0 Å². The molecule has 2 aromatic carbocycles. The topological polar surface area (TPSA) is 195 Å². The van der Waals surface area contributed by atoms with Gasteiger partial charge in [-0.05, 0) is 55.2 Å². The molecule has 0 unspecified atom stereocenters. The molecule has 31 heavy (non-hydrogen) atoms. The first kappa shape index (κ1) is 21.3. The van der Waals surface area contributed by atoms with Crippen LogP contribution in [0.5, 0.6) is 0 Å². The lowest BCUT2D eigenvalue weighted by Gasteiger charge is -2.10. The quantitative estimate of drug-likeness (QED) is 0.240. The van der Waals surface area contributed by atoms with E-state index in [1.54, 1.807) is 25.1 Å². The first-order chi connectivity index (χ1) is 14.8. The van der Waals surface area contributed by atoms with Crippen LogP contribution >= 0.6 is 0 Å². The molecule has 11 heteroatoms. The second kappa shape index (κ2) is 9.39. The Bertz CT molecular complexity index is 1090. The molecule has 0 atom stereocenters. The van der Waals surface area contributed by atoms with Crippen LogP contribution in [0, 0.1) is 0 Å². The number of carbonyl (C=O) groups excluding carboxylic acids is 1. The van der Waals surface area contributed by atoms with E-state index in [0.29, 0.717) is 17.1 Å². The van der Waals surface area contributed by atoms with Crippen molar-refractivity contribution in [3.05, 3.63) is 59.2 Å². The van der Waals surface area contributed by atoms with Crippen LogP contribution in [0.4, 0.5) is 16.2 Å². The summed E-state index contributed by atoms with van der Waals surface area (Å²) in [6.07, 6.45) is 1.54. The summed E-state index contributed by atoms with van der Waals surface area (Å²) in [4.78, 5) is 12.4. The number of benzene rings is 2. The van der Waals surface area contributed by atoms with Gasteiger partial charge in [0.15, 0.2) is 0 Å². The highest BCUT2D eigenvalue weighted by Gasteiger charge is 2.18. The van der Waals surface area contributed by atoms with E-state index in [1.165, 1.54) is 0 Å². The molecule has 0 bridgehead atoms.